The fourth-order valence-electron chi connectivity index (χ4n) is 3.98. The van der Waals surface area contributed by atoms with E-state index in [1.807, 2.05) is 4.90 Å². The van der Waals surface area contributed by atoms with Crippen LogP contribution >= 0.6 is 0 Å². The number of nitrogens with one attached hydrogen (secondary N) is 2. The van der Waals surface area contributed by atoms with Gasteiger partial charge >= 0.3 is 6.03 Å². The lowest BCUT2D eigenvalue weighted by Crippen LogP contribution is -2.42. The molecule has 2 atom stereocenters. The highest BCUT2D eigenvalue weighted by Crippen LogP contribution is 2.32. The summed E-state index contributed by atoms with van der Waals surface area (Å²) in [6, 6.07) is 0.0181. The molecule has 2 aliphatic carbocycles. The summed E-state index contributed by atoms with van der Waals surface area (Å²) in [7, 11) is 0. The summed E-state index contributed by atoms with van der Waals surface area (Å²) >= 11 is 0. The zero-order chi connectivity index (χ0) is 15.4. The van der Waals surface area contributed by atoms with Crippen LogP contribution in [0, 0.1) is 17.8 Å². The molecule has 2 fully saturated rings. The lowest BCUT2D eigenvalue weighted by Gasteiger charge is -2.17. The molecule has 122 valence electrons. The molecule has 1 saturated heterocycles. The molecule has 3 aliphatic rings. The monoisotopic (exact) mass is 305 g/mol. The van der Waals surface area contributed by atoms with E-state index in [-0.39, 0.29) is 17.9 Å². The molecule has 5 heteroatoms. The van der Waals surface area contributed by atoms with E-state index in [0.29, 0.717) is 24.9 Å². The molecule has 0 bridgehead atoms. The van der Waals surface area contributed by atoms with Crippen LogP contribution in [0.3, 0.4) is 0 Å². The summed E-state index contributed by atoms with van der Waals surface area (Å²) in [5.74, 6) is 1.63. The van der Waals surface area contributed by atoms with Gasteiger partial charge in [-0.15, -0.1) is 0 Å². The minimum Gasteiger partial charge on any atom is -0.354 e. The van der Waals surface area contributed by atoms with Crippen LogP contribution < -0.4 is 10.6 Å². The van der Waals surface area contributed by atoms with E-state index in [4.69, 9.17) is 0 Å². The highest BCUT2D eigenvalue weighted by molar-refractivity contribution is 5.79. The highest BCUT2D eigenvalue weighted by Gasteiger charge is 2.34. The number of nitrogens with zero attached hydrogens (tertiary/aromatic N) is 1. The number of rotatable bonds is 4. The van der Waals surface area contributed by atoms with Gasteiger partial charge in [0.15, 0.2) is 0 Å². The lowest BCUT2D eigenvalue weighted by molar-refractivity contribution is -0.124. The topological polar surface area (TPSA) is 61.4 Å². The van der Waals surface area contributed by atoms with E-state index in [2.05, 4.69) is 22.8 Å². The Hall–Kier alpha value is -1.52. The SMILES string of the molecule is O=C(NCCNC(=O)N1CC2CC=CCC2C1)C1CCCC1. The largest absolute Gasteiger partial charge is 0.354 e. The summed E-state index contributed by atoms with van der Waals surface area (Å²) < 4.78 is 0. The van der Waals surface area contributed by atoms with Crippen molar-refractivity contribution in [2.75, 3.05) is 26.2 Å². The zero-order valence-corrected chi connectivity index (χ0v) is 13.2. The first-order valence-electron chi connectivity index (χ1n) is 8.69. The molecule has 0 aromatic rings. The van der Waals surface area contributed by atoms with Crippen LogP contribution in [0.1, 0.15) is 38.5 Å². The van der Waals surface area contributed by atoms with Crippen LogP contribution in [-0.2, 0) is 4.79 Å². The van der Waals surface area contributed by atoms with Crippen LogP contribution in [0.4, 0.5) is 4.79 Å². The molecule has 0 radical (unpaired) electrons. The third kappa shape index (κ3) is 3.62. The van der Waals surface area contributed by atoms with Gasteiger partial charge in [0, 0.05) is 32.1 Å². The van der Waals surface area contributed by atoms with Crippen molar-refractivity contribution in [1.29, 1.82) is 0 Å². The molecule has 1 saturated carbocycles. The van der Waals surface area contributed by atoms with Crippen molar-refractivity contribution in [2.24, 2.45) is 17.8 Å². The zero-order valence-electron chi connectivity index (χ0n) is 13.2. The van der Waals surface area contributed by atoms with Crippen molar-refractivity contribution in [3.63, 3.8) is 0 Å². The van der Waals surface area contributed by atoms with Gasteiger partial charge < -0.3 is 15.5 Å². The van der Waals surface area contributed by atoms with Crippen molar-refractivity contribution >= 4 is 11.9 Å². The van der Waals surface area contributed by atoms with Crippen LogP contribution in [-0.4, -0.2) is 43.0 Å². The normalized spacial score (nSPS) is 27.7. The molecule has 5 nitrogen and oxygen atoms in total. The van der Waals surface area contributed by atoms with Crippen molar-refractivity contribution in [3.05, 3.63) is 12.2 Å². The average molecular weight is 305 g/mol. The molecule has 2 unspecified atom stereocenters. The van der Waals surface area contributed by atoms with Gasteiger partial charge in [0.25, 0.3) is 0 Å². The minimum atomic E-state index is 0.0181. The van der Waals surface area contributed by atoms with Gasteiger partial charge in [-0.25, -0.2) is 4.79 Å². The Kier molecular flexibility index (Phi) is 5.01. The molecular formula is C17H27N3O2. The number of urea groups is 1. The van der Waals surface area contributed by atoms with E-state index in [1.54, 1.807) is 0 Å². The summed E-state index contributed by atoms with van der Waals surface area (Å²) in [6.45, 7) is 2.79. The summed E-state index contributed by atoms with van der Waals surface area (Å²) in [5.41, 5.74) is 0. The third-order valence-corrected chi connectivity index (χ3v) is 5.33. The van der Waals surface area contributed by atoms with Crippen LogP contribution in [0.5, 0.6) is 0 Å². The van der Waals surface area contributed by atoms with E-state index < -0.39 is 0 Å². The summed E-state index contributed by atoms with van der Waals surface area (Å²) in [5, 5.41) is 5.87. The van der Waals surface area contributed by atoms with Gasteiger partial charge in [0.2, 0.25) is 5.91 Å². The van der Waals surface area contributed by atoms with Crippen LogP contribution in [0.2, 0.25) is 0 Å². The Labute approximate surface area is 132 Å². The van der Waals surface area contributed by atoms with Crippen molar-refractivity contribution < 1.29 is 9.59 Å². The minimum absolute atomic E-state index is 0.0181. The van der Waals surface area contributed by atoms with Crippen molar-refractivity contribution in [3.8, 4) is 0 Å². The molecule has 22 heavy (non-hydrogen) atoms. The first-order valence-corrected chi connectivity index (χ1v) is 8.69. The lowest BCUT2D eigenvalue weighted by atomic mass is 9.86. The second-order valence-corrected chi connectivity index (χ2v) is 6.87. The fourth-order valence-corrected chi connectivity index (χ4v) is 3.98. The van der Waals surface area contributed by atoms with Gasteiger partial charge in [0.1, 0.15) is 0 Å². The molecule has 3 rings (SSSR count). The van der Waals surface area contributed by atoms with E-state index >= 15 is 0 Å². The van der Waals surface area contributed by atoms with E-state index in [9.17, 15) is 9.59 Å². The standard InChI is InChI=1S/C17H27N3O2/c21-16(13-5-1-2-6-13)18-9-10-19-17(22)20-11-14-7-3-4-8-15(14)12-20/h3-4,13-15H,1-2,5-12H2,(H,18,21)(H,19,22). The Morgan fingerprint density at radius 3 is 2.18 bits per heavy atom. The van der Waals surface area contributed by atoms with Gasteiger partial charge in [-0.2, -0.15) is 0 Å². The molecule has 2 N–H and O–H groups in total. The number of carbonyl (C=O) groups is 2. The molecule has 3 amide bonds. The number of hydrogen-bond acceptors (Lipinski definition) is 2. The number of allylic oxidation sites excluding steroid dienone is 2. The number of fused-ring (bicyclic) bond motifs is 1. The molecule has 0 aromatic heterocycles. The average Bonchev–Trinajstić information content (AvgIpc) is 3.19. The second kappa shape index (κ2) is 7.16. The Bertz CT molecular complexity index is 427. The maximum atomic E-state index is 12.2. The second-order valence-electron chi connectivity index (χ2n) is 6.87. The first-order chi connectivity index (χ1) is 10.7. The molecule has 1 aliphatic heterocycles. The van der Waals surface area contributed by atoms with Gasteiger partial charge in [-0.3, -0.25) is 4.79 Å². The number of carbonyl (C=O) groups excluding carboxylic acids is 2. The Balaban J connectivity index is 1.32. The van der Waals surface area contributed by atoms with Crippen LogP contribution in [0.15, 0.2) is 12.2 Å². The van der Waals surface area contributed by atoms with Crippen molar-refractivity contribution in [2.45, 2.75) is 38.5 Å². The van der Waals surface area contributed by atoms with Gasteiger partial charge in [0.05, 0.1) is 0 Å². The molecular weight excluding hydrogens is 278 g/mol. The van der Waals surface area contributed by atoms with Crippen LogP contribution in [0.25, 0.3) is 0 Å². The predicted octanol–water partition coefficient (Wildman–Crippen LogP) is 1.90. The number of amides is 3. The fraction of sp³-hybridized carbons (Fsp3) is 0.765. The smallest absolute Gasteiger partial charge is 0.317 e. The quantitative estimate of drug-likeness (QED) is 0.615. The molecule has 0 aromatic carbocycles. The van der Waals surface area contributed by atoms with Gasteiger partial charge in [-0.05, 0) is 37.5 Å². The Morgan fingerprint density at radius 2 is 1.55 bits per heavy atom. The van der Waals surface area contributed by atoms with E-state index in [1.165, 1.54) is 12.8 Å². The number of hydrogen-bond donors (Lipinski definition) is 2. The summed E-state index contributed by atoms with van der Waals surface area (Å²) in [6.07, 6.45) is 11.0. The first kappa shape index (κ1) is 15.4. The highest BCUT2D eigenvalue weighted by atomic mass is 16.2. The molecule has 0 spiro atoms. The summed E-state index contributed by atoms with van der Waals surface area (Å²) in [4.78, 5) is 26.0. The maximum absolute atomic E-state index is 12.2. The maximum Gasteiger partial charge on any atom is 0.317 e. The molecule has 1 heterocycles. The van der Waals surface area contributed by atoms with E-state index in [0.717, 1.165) is 38.8 Å². The number of likely N-dealkylation sites (tertiary alicyclic amines) is 1. The Morgan fingerprint density at radius 1 is 0.955 bits per heavy atom. The van der Waals surface area contributed by atoms with Gasteiger partial charge in [-0.1, -0.05) is 25.0 Å². The third-order valence-electron chi connectivity index (χ3n) is 5.33. The predicted molar refractivity (Wildman–Crippen MR) is 85.3 cm³/mol. The van der Waals surface area contributed by atoms with Crippen molar-refractivity contribution in [1.82, 2.24) is 15.5 Å².